The van der Waals surface area contributed by atoms with Crippen molar-refractivity contribution in [2.24, 2.45) is 0 Å². The summed E-state index contributed by atoms with van der Waals surface area (Å²) in [4.78, 5) is 17.8. The molecule has 2 rings (SSSR count). The Morgan fingerprint density at radius 3 is 2.75 bits per heavy atom. The molecule has 2 N–H and O–H groups in total. The maximum atomic E-state index is 10.9. The van der Waals surface area contributed by atoms with Crippen LogP contribution >= 0.6 is 27.3 Å². The number of nitrogens with zero attached hydrogens (tertiary/aromatic N) is 3. The van der Waals surface area contributed by atoms with Crippen molar-refractivity contribution in [2.45, 2.75) is 0 Å². The number of nitrogens with two attached hydrogens (primary N) is 1. The van der Waals surface area contributed by atoms with E-state index in [1.807, 2.05) is 5.38 Å². The number of nitro groups is 1. The van der Waals surface area contributed by atoms with Crippen LogP contribution < -0.4 is 5.73 Å². The average Bonchev–Trinajstić information content (AvgIpc) is 2.63. The van der Waals surface area contributed by atoms with Gasteiger partial charge in [0.15, 0.2) is 5.69 Å². The van der Waals surface area contributed by atoms with E-state index in [2.05, 4.69) is 25.9 Å². The molecule has 6 nitrogen and oxygen atoms in total. The summed E-state index contributed by atoms with van der Waals surface area (Å²) in [5.41, 5.74) is 6.08. The maximum Gasteiger partial charge on any atom is 0.337 e. The molecule has 0 amide bonds. The molecule has 0 aliphatic heterocycles. The molecule has 2 aromatic heterocycles. The Balaban J connectivity index is 2.70. The minimum atomic E-state index is -0.575. The molecule has 16 heavy (non-hydrogen) atoms. The number of halogens is 1. The maximum absolute atomic E-state index is 10.9. The predicted octanol–water partition coefficient (Wildman–Crippen LogP) is 2.46. The van der Waals surface area contributed by atoms with Crippen LogP contribution in [0.25, 0.3) is 11.3 Å². The smallest absolute Gasteiger partial charge is 0.337 e. The highest BCUT2D eigenvalue weighted by molar-refractivity contribution is 9.10. The zero-order valence-corrected chi connectivity index (χ0v) is 10.2. The van der Waals surface area contributed by atoms with E-state index in [0.29, 0.717) is 5.56 Å². The Morgan fingerprint density at radius 2 is 2.19 bits per heavy atom. The molecular weight excluding hydrogens is 296 g/mol. The lowest BCUT2D eigenvalue weighted by molar-refractivity contribution is -0.383. The number of anilines is 1. The quantitative estimate of drug-likeness (QED) is 0.679. The van der Waals surface area contributed by atoms with Gasteiger partial charge in [0.1, 0.15) is 6.33 Å². The lowest BCUT2D eigenvalue weighted by atomic mass is 10.2. The second-order valence-electron chi connectivity index (χ2n) is 2.85. The van der Waals surface area contributed by atoms with Crippen LogP contribution in [-0.4, -0.2) is 14.9 Å². The lowest BCUT2D eigenvalue weighted by Crippen LogP contribution is -2.02. The average molecular weight is 301 g/mol. The SMILES string of the molecule is Nc1ncnc(-c2cscc2Br)c1[N+](=O)[O-]. The molecule has 0 radical (unpaired) electrons. The second-order valence-corrected chi connectivity index (χ2v) is 4.44. The monoisotopic (exact) mass is 300 g/mol. The molecule has 0 spiro atoms. The zero-order chi connectivity index (χ0) is 11.7. The van der Waals surface area contributed by atoms with E-state index >= 15 is 0 Å². The van der Waals surface area contributed by atoms with Gasteiger partial charge in [-0.3, -0.25) is 10.1 Å². The van der Waals surface area contributed by atoms with Crippen LogP contribution in [0.4, 0.5) is 11.5 Å². The molecule has 2 heterocycles. The van der Waals surface area contributed by atoms with Gasteiger partial charge in [-0.15, -0.1) is 0 Å². The molecule has 0 saturated heterocycles. The molecule has 0 aromatic carbocycles. The predicted molar refractivity (Wildman–Crippen MR) is 64.1 cm³/mol. The first-order valence-corrected chi connectivity index (χ1v) is 5.81. The standard InChI is InChI=1S/C8H5BrN4O2S/c9-5-2-16-1-4(5)6-7(13(14)15)8(10)12-3-11-6/h1-3H,(H2,10,11,12). The van der Waals surface area contributed by atoms with Crippen LogP contribution in [0.5, 0.6) is 0 Å². The lowest BCUT2D eigenvalue weighted by Gasteiger charge is -2.01. The highest BCUT2D eigenvalue weighted by Gasteiger charge is 2.23. The fraction of sp³-hybridized carbons (Fsp3) is 0. The van der Waals surface area contributed by atoms with Gasteiger partial charge in [0.25, 0.3) is 0 Å². The Labute approximate surface area is 102 Å². The number of rotatable bonds is 2. The van der Waals surface area contributed by atoms with Gasteiger partial charge in [0.2, 0.25) is 5.82 Å². The molecule has 0 aliphatic carbocycles. The van der Waals surface area contributed by atoms with Crippen LogP contribution in [0.2, 0.25) is 0 Å². The van der Waals surface area contributed by atoms with E-state index in [-0.39, 0.29) is 17.2 Å². The molecule has 8 heteroatoms. The highest BCUT2D eigenvalue weighted by Crippen LogP contribution is 2.37. The Hall–Kier alpha value is -1.54. The van der Waals surface area contributed by atoms with Crippen molar-refractivity contribution < 1.29 is 4.92 Å². The molecule has 2 aromatic rings. The number of hydrogen-bond acceptors (Lipinski definition) is 6. The van der Waals surface area contributed by atoms with Crippen molar-refractivity contribution in [3.63, 3.8) is 0 Å². The minimum absolute atomic E-state index is 0.131. The van der Waals surface area contributed by atoms with Crippen LogP contribution in [0.15, 0.2) is 21.6 Å². The number of hydrogen-bond donors (Lipinski definition) is 1. The van der Waals surface area contributed by atoms with Gasteiger partial charge in [0.05, 0.1) is 4.92 Å². The van der Waals surface area contributed by atoms with Crippen molar-refractivity contribution >= 4 is 38.8 Å². The molecule has 0 fully saturated rings. The molecule has 82 valence electrons. The molecule has 0 unspecified atom stereocenters. The Bertz CT molecular complexity index is 557. The summed E-state index contributed by atoms with van der Waals surface area (Å²) in [5, 5.41) is 14.5. The Morgan fingerprint density at radius 1 is 1.44 bits per heavy atom. The first kappa shape index (κ1) is 11.0. The fourth-order valence-electron chi connectivity index (χ4n) is 1.22. The molecule has 0 bridgehead atoms. The van der Waals surface area contributed by atoms with Crippen molar-refractivity contribution in [1.29, 1.82) is 0 Å². The molecule has 0 atom stereocenters. The van der Waals surface area contributed by atoms with Gasteiger partial charge in [-0.05, 0) is 15.9 Å². The van der Waals surface area contributed by atoms with Gasteiger partial charge < -0.3 is 5.73 Å². The van der Waals surface area contributed by atoms with Crippen molar-refractivity contribution in [3.8, 4) is 11.3 Å². The summed E-state index contributed by atoms with van der Waals surface area (Å²) in [6, 6.07) is 0. The normalized spacial score (nSPS) is 10.3. The van der Waals surface area contributed by atoms with Crippen LogP contribution in [-0.2, 0) is 0 Å². The second kappa shape index (κ2) is 4.14. The van der Waals surface area contributed by atoms with Crippen LogP contribution in [0, 0.1) is 10.1 Å². The minimum Gasteiger partial charge on any atom is -0.378 e. The van der Waals surface area contributed by atoms with Crippen molar-refractivity contribution in [2.75, 3.05) is 5.73 Å². The third kappa shape index (κ3) is 1.76. The fourth-order valence-corrected chi connectivity index (χ4v) is 2.69. The molecule has 0 saturated carbocycles. The largest absolute Gasteiger partial charge is 0.378 e. The van der Waals surface area contributed by atoms with E-state index in [1.165, 1.54) is 17.7 Å². The Kier molecular flexibility index (Phi) is 2.84. The van der Waals surface area contributed by atoms with Gasteiger partial charge in [-0.2, -0.15) is 11.3 Å². The van der Waals surface area contributed by atoms with Gasteiger partial charge in [-0.25, -0.2) is 9.97 Å². The van der Waals surface area contributed by atoms with Gasteiger partial charge in [0, 0.05) is 20.8 Å². The zero-order valence-electron chi connectivity index (χ0n) is 7.75. The van der Waals surface area contributed by atoms with E-state index in [1.54, 1.807) is 5.38 Å². The summed E-state index contributed by atoms with van der Waals surface area (Å²) in [5.74, 6) is -0.131. The van der Waals surface area contributed by atoms with Crippen molar-refractivity contribution in [3.05, 3.63) is 31.7 Å². The van der Waals surface area contributed by atoms with E-state index in [9.17, 15) is 10.1 Å². The third-order valence-electron chi connectivity index (χ3n) is 1.90. The number of nitrogen functional groups attached to an aromatic ring is 1. The van der Waals surface area contributed by atoms with Crippen LogP contribution in [0.3, 0.4) is 0 Å². The summed E-state index contributed by atoms with van der Waals surface area (Å²) in [6.45, 7) is 0. The summed E-state index contributed by atoms with van der Waals surface area (Å²) < 4.78 is 0.749. The van der Waals surface area contributed by atoms with E-state index in [0.717, 1.165) is 4.47 Å². The summed E-state index contributed by atoms with van der Waals surface area (Å²) in [7, 11) is 0. The third-order valence-corrected chi connectivity index (χ3v) is 3.61. The highest BCUT2D eigenvalue weighted by atomic mass is 79.9. The first-order chi connectivity index (χ1) is 7.61. The molecular formula is C8H5BrN4O2S. The van der Waals surface area contributed by atoms with Crippen molar-refractivity contribution in [1.82, 2.24) is 9.97 Å². The van der Waals surface area contributed by atoms with Gasteiger partial charge in [-0.1, -0.05) is 0 Å². The number of thiophene rings is 1. The van der Waals surface area contributed by atoms with E-state index < -0.39 is 4.92 Å². The molecule has 0 aliphatic rings. The topological polar surface area (TPSA) is 94.9 Å². The summed E-state index contributed by atoms with van der Waals surface area (Å²) >= 11 is 4.71. The number of aromatic nitrogens is 2. The van der Waals surface area contributed by atoms with E-state index in [4.69, 9.17) is 5.73 Å². The van der Waals surface area contributed by atoms with Crippen LogP contribution in [0.1, 0.15) is 0 Å². The van der Waals surface area contributed by atoms with Gasteiger partial charge >= 0.3 is 5.69 Å². The first-order valence-electron chi connectivity index (χ1n) is 4.08. The summed E-state index contributed by atoms with van der Waals surface area (Å²) in [6.07, 6.45) is 1.21.